The largest absolute Gasteiger partial charge is 0.466 e. The van der Waals surface area contributed by atoms with Crippen molar-refractivity contribution in [3.8, 4) is 0 Å². The molecule has 0 spiro atoms. The van der Waals surface area contributed by atoms with Crippen molar-refractivity contribution in [2.45, 2.75) is 58.2 Å². The van der Waals surface area contributed by atoms with Crippen molar-refractivity contribution in [3.63, 3.8) is 0 Å². The van der Waals surface area contributed by atoms with Crippen molar-refractivity contribution >= 4 is 23.4 Å². The zero-order valence-electron chi connectivity index (χ0n) is 14.2. The zero-order chi connectivity index (χ0) is 17.7. The number of carbonyl (C=O) groups is 3. The van der Waals surface area contributed by atoms with Gasteiger partial charge in [0.15, 0.2) is 11.9 Å². The third kappa shape index (κ3) is 4.41. The van der Waals surface area contributed by atoms with Gasteiger partial charge in [0.25, 0.3) is 0 Å². The molecule has 1 heterocycles. The van der Waals surface area contributed by atoms with E-state index in [-0.39, 0.29) is 42.3 Å². The topological polar surface area (TPSA) is 103 Å². The number of ketones is 1. The van der Waals surface area contributed by atoms with Crippen LogP contribution in [-0.2, 0) is 28.6 Å². The van der Waals surface area contributed by atoms with Gasteiger partial charge in [-0.1, -0.05) is 0 Å². The van der Waals surface area contributed by atoms with E-state index in [0.717, 1.165) is 12.8 Å². The normalized spacial score (nSPS) is 27.0. The average molecular weight is 339 g/mol. The molecule has 0 aromatic carbocycles. The lowest BCUT2D eigenvalue weighted by molar-refractivity contribution is -0.162. The van der Waals surface area contributed by atoms with E-state index in [2.05, 4.69) is 0 Å². The summed E-state index contributed by atoms with van der Waals surface area (Å²) in [6.07, 6.45) is 1.42. The van der Waals surface area contributed by atoms with E-state index in [1.54, 1.807) is 13.8 Å². The fourth-order valence-corrected chi connectivity index (χ4v) is 3.10. The molecule has 0 amide bonds. The predicted molar refractivity (Wildman–Crippen MR) is 84.7 cm³/mol. The van der Waals surface area contributed by atoms with E-state index in [1.807, 2.05) is 0 Å². The summed E-state index contributed by atoms with van der Waals surface area (Å²) < 4.78 is 15.6. The maximum atomic E-state index is 12.5. The number of Topliss-reactive ketones (excluding diaryl/α,β-unsaturated/α-hetero) is 1. The van der Waals surface area contributed by atoms with Gasteiger partial charge in [0.2, 0.25) is 0 Å². The third-order valence-electron chi connectivity index (χ3n) is 4.35. The Kier molecular flexibility index (Phi) is 6.48. The second-order valence-corrected chi connectivity index (χ2v) is 6.15. The Morgan fingerprint density at radius 3 is 2.46 bits per heavy atom. The second kappa shape index (κ2) is 8.37. The molecule has 1 N–H and O–H groups in total. The Morgan fingerprint density at radius 2 is 1.88 bits per heavy atom. The second-order valence-electron chi connectivity index (χ2n) is 6.15. The highest BCUT2D eigenvalue weighted by Crippen LogP contribution is 2.43. The number of carbonyl (C=O) groups excluding carboxylic acids is 3. The van der Waals surface area contributed by atoms with Gasteiger partial charge in [-0.25, -0.2) is 4.79 Å². The lowest BCUT2D eigenvalue weighted by atomic mass is 9.83. The van der Waals surface area contributed by atoms with Crippen LogP contribution >= 0.6 is 0 Å². The summed E-state index contributed by atoms with van der Waals surface area (Å²) >= 11 is 0. The van der Waals surface area contributed by atoms with Gasteiger partial charge in [-0.3, -0.25) is 15.0 Å². The van der Waals surface area contributed by atoms with Crippen LogP contribution < -0.4 is 0 Å². The van der Waals surface area contributed by atoms with Crippen LogP contribution in [0.25, 0.3) is 0 Å². The molecule has 1 saturated heterocycles. The first kappa shape index (κ1) is 18.6. The minimum absolute atomic E-state index is 0.166. The Hall–Kier alpha value is -1.76. The SMILES string of the molecule is CCOC(=O)CCCC1OC(C(=O)OCC)C(=N)C(=O)C1C1CC1. The molecule has 0 radical (unpaired) electrons. The zero-order valence-corrected chi connectivity index (χ0v) is 14.2. The first-order valence-electron chi connectivity index (χ1n) is 8.59. The number of hydrogen-bond acceptors (Lipinski definition) is 7. The van der Waals surface area contributed by atoms with Gasteiger partial charge in [-0.2, -0.15) is 0 Å². The maximum absolute atomic E-state index is 12.5. The van der Waals surface area contributed by atoms with Crippen molar-refractivity contribution in [1.29, 1.82) is 5.41 Å². The maximum Gasteiger partial charge on any atom is 0.341 e. The van der Waals surface area contributed by atoms with Gasteiger partial charge >= 0.3 is 11.9 Å². The molecule has 7 nitrogen and oxygen atoms in total. The Bertz CT molecular complexity index is 513. The Balaban J connectivity index is 2.01. The van der Waals surface area contributed by atoms with Gasteiger partial charge in [-0.15, -0.1) is 0 Å². The van der Waals surface area contributed by atoms with Crippen LogP contribution in [0.15, 0.2) is 0 Å². The fourth-order valence-electron chi connectivity index (χ4n) is 3.10. The molecule has 2 fully saturated rings. The minimum Gasteiger partial charge on any atom is -0.466 e. The summed E-state index contributed by atoms with van der Waals surface area (Å²) in [5.74, 6) is -1.46. The molecule has 1 aliphatic carbocycles. The first-order valence-corrected chi connectivity index (χ1v) is 8.59. The van der Waals surface area contributed by atoms with Gasteiger partial charge in [-0.05, 0) is 45.4 Å². The Labute approximate surface area is 141 Å². The smallest absolute Gasteiger partial charge is 0.341 e. The van der Waals surface area contributed by atoms with E-state index in [1.165, 1.54) is 0 Å². The summed E-state index contributed by atoms with van der Waals surface area (Å²) in [7, 11) is 0. The first-order chi connectivity index (χ1) is 11.5. The quantitative estimate of drug-likeness (QED) is 0.675. The van der Waals surface area contributed by atoms with Gasteiger partial charge in [0, 0.05) is 6.42 Å². The summed E-state index contributed by atoms with van der Waals surface area (Å²) in [5.41, 5.74) is -0.313. The molecule has 0 bridgehead atoms. The number of rotatable bonds is 8. The summed E-state index contributed by atoms with van der Waals surface area (Å²) in [4.78, 5) is 35.9. The van der Waals surface area contributed by atoms with Crippen molar-refractivity contribution in [2.75, 3.05) is 13.2 Å². The minimum atomic E-state index is -1.25. The summed E-state index contributed by atoms with van der Waals surface area (Å²) in [5, 5.41) is 7.95. The molecule has 3 unspecified atom stereocenters. The molecule has 3 atom stereocenters. The number of esters is 2. The molecule has 7 heteroatoms. The molecule has 1 saturated carbocycles. The number of nitrogens with one attached hydrogen (secondary N) is 1. The van der Waals surface area contributed by atoms with Crippen molar-refractivity contribution in [3.05, 3.63) is 0 Å². The molecular weight excluding hydrogens is 314 g/mol. The molecular formula is C17H25NO6. The van der Waals surface area contributed by atoms with E-state index in [9.17, 15) is 14.4 Å². The monoisotopic (exact) mass is 339 g/mol. The van der Waals surface area contributed by atoms with E-state index >= 15 is 0 Å². The Morgan fingerprint density at radius 1 is 1.21 bits per heavy atom. The summed E-state index contributed by atoms with van der Waals surface area (Å²) in [6, 6.07) is 0. The fraction of sp³-hybridized carbons (Fsp3) is 0.765. The van der Waals surface area contributed by atoms with Gasteiger partial charge in [0.05, 0.1) is 25.2 Å². The van der Waals surface area contributed by atoms with Gasteiger partial charge < -0.3 is 14.2 Å². The molecule has 1 aliphatic heterocycles. The van der Waals surface area contributed by atoms with Crippen LogP contribution in [0.3, 0.4) is 0 Å². The van der Waals surface area contributed by atoms with Crippen LogP contribution in [-0.4, -0.2) is 48.9 Å². The lowest BCUT2D eigenvalue weighted by Gasteiger charge is -2.35. The number of hydrogen-bond donors (Lipinski definition) is 1. The van der Waals surface area contributed by atoms with Crippen molar-refractivity contribution in [2.24, 2.45) is 11.8 Å². The van der Waals surface area contributed by atoms with E-state index in [0.29, 0.717) is 19.4 Å². The summed E-state index contributed by atoms with van der Waals surface area (Å²) in [6.45, 7) is 3.92. The highest BCUT2D eigenvalue weighted by atomic mass is 16.6. The molecule has 0 aromatic rings. The predicted octanol–water partition coefficient (Wildman–Crippen LogP) is 1.67. The van der Waals surface area contributed by atoms with Crippen LogP contribution in [0, 0.1) is 17.2 Å². The molecule has 2 rings (SSSR count). The lowest BCUT2D eigenvalue weighted by Crippen LogP contribution is -2.52. The molecule has 24 heavy (non-hydrogen) atoms. The third-order valence-corrected chi connectivity index (χ3v) is 4.35. The van der Waals surface area contributed by atoms with Crippen LogP contribution in [0.4, 0.5) is 0 Å². The highest BCUT2D eigenvalue weighted by molar-refractivity contribution is 6.45. The van der Waals surface area contributed by atoms with Gasteiger partial charge in [0.1, 0.15) is 5.71 Å². The average Bonchev–Trinajstić information content (AvgIpc) is 3.35. The molecule has 134 valence electrons. The molecule has 0 aromatic heterocycles. The van der Waals surface area contributed by atoms with E-state index in [4.69, 9.17) is 19.6 Å². The van der Waals surface area contributed by atoms with Crippen molar-refractivity contribution < 1.29 is 28.6 Å². The van der Waals surface area contributed by atoms with E-state index < -0.39 is 18.2 Å². The van der Waals surface area contributed by atoms with Crippen LogP contribution in [0.2, 0.25) is 0 Å². The standard InChI is InChI=1S/C17H25NO6/c1-3-22-12(19)7-5-6-11-13(10-8-9-10)15(20)14(18)16(24-11)17(21)23-4-2/h10-11,13,16,18H,3-9H2,1-2H3. The van der Waals surface area contributed by atoms with Crippen LogP contribution in [0.1, 0.15) is 46.0 Å². The highest BCUT2D eigenvalue weighted by Gasteiger charge is 2.50. The number of ether oxygens (including phenoxy) is 3. The van der Waals surface area contributed by atoms with Crippen LogP contribution in [0.5, 0.6) is 0 Å². The molecule has 2 aliphatic rings. The van der Waals surface area contributed by atoms with Crippen molar-refractivity contribution in [1.82, 2.24) is 0 Å².